The van der Waals surface area contributed by atoms with Crippen LogP contribution in [-0.2, 0) is 13.1 Å². The maximum Gasteiger partial charge on any atom is 0.387 e. The zero-order chi connectivity index (χ0) is 26.0. The van der Waals surface area contributed by atoms with Gasteiger partial charge in [0.1, 0.15) is 17.3 Å². The first kappa shape index (κ1) is 23.0. The van der Waals surface area contributed by atoms with Gasteiger partial charge in [0.25, 0.3) is 5.56 Å². The molecule has 0 bridgehead atoms. The average molecular weight is 514 g/mol. The minimum Gasteiger partial charge on any atom is -0.435 e. The molecule has 0 atom stereocenters. The summed E-state index contributed by atoms with van der Waals surface area (Å²) in [7, 11) is 2.08. The fourth-order valence-corrected chi connectivity index (χ4v) is 5.37. The molecule has 0 radical (unpaired) electrons. The Kier molecular flexibility index (Phi) is 5.29. The van der Waals surface area contributed by atoms with Crippen molar-refractivity contribution in [2.45, 2.75) is 38.5 Å². The van der Waals surface area contributed by atoms with E-state index in [4.69, 9.17) is 9.97 Å². The van der Waals surface area contributed by atoms with E-state index in [9.17, 15) is 13.6 Å². The number of likely N-dealkylation sites (N-methyl/N-ethyl adjacent to an activating group) is 1. The van der Waals surface area contributed by atoms with Gasteiger partial charge in [-0.3, -0.25) is 14.3 Å². The van der Waals surface area contributed by atoms with Crippen LogP contribution in [-0.4, -0.2) is 44.2 Å². The van der Waals surface area contributed by atoms with Crippen LogP contribution in [0.2, 0.25) is 0 Å². The van der Waals surface area contributed by atoms with Crippen LogP contribution in [0.1, 0.15) is 30.1 Å². The van der Waals surface area contributed by atoms with Crippen molar-refractivity contribution in [2.75, 3.05) is 13.6 Å². The molecule has 5 aromatic rings. The van der Waals surface area contributed by atoms with Crippen LogP contribution in [0.25, 0.3) is 39.0 Å². The Morgan fingerprint density at radius 2 is 1.68 bits per heavy atom. The van der Waals surface area contributed by atoms with Crippen molar-refractivity contribution in [1.29, 1.82) is 0 Å². The Bertz CT molecular complexity index is 1760. The zero-order valence-corrected chi connectivity index (χ0v) is 20.8. The van der Waals surface area contributed by atoms with Gasteiger partial charge in [-0.25, -0.2) is 9.97 Å². The first-order chi connectivity index (χ1) is 18.4. The number of rotatable bonds is 5. The number of nitrogens with zero attached hydrogens (tertiary/aromatic N) is 5. The van der Waals surface area contributed by atoms with Gasteiger partial charge in [-0.2, -0.15) is 8.78 Å². The Hall–Kier alpha value is -4.11. The zero-order valence-electron chi connectivity index (χ0n) is 20.8. The van der Waals surface area contributed by atoms with Gasteiger partial charge in [-0.1, -0.05) is 12.1 Å². The number of imidazole rings is 1. The molecule has 3 heterocycles. The lowest BCUT2D eigenvalue weighted by Gasteiger charge is -2.23. The summed E-state index contributed by atoms with van der Waals surface area (Å²) in [4.78, 5) is 25.9. The molecule has 7 rings (SSSR count). The lowest BCUT2D eigenvalue weighted by atomic mass is 10.1. The molecule has 7 nitrogen and oxygen atoms in total. The maximum absolute atomic E-state index is 14.1. The summed E-state index contributed by atoms with van der Waals surface area (Å²) >= 11 is 0. The number of ether oxygens (including phenoxy) is 1. The third kappa shape index (κ3) is 3.94. The summed E-state index contributed by atoms with van der Waals surface area (Å²) in [5, 5.41) is 0. The van der Waals surface area contributed by atoms with Crippen molar-refractivity contribution in [2.24, 2.45) is 0 Å². The average Bonchev–Trinajstić information content (AvgIpc) is 3.69. The summed E-state index contributed by atoms with van der Waals surface area (Å²) in [5.74, 6) is 1.54. The maximum atomic E-state index is 14.1. The molecule has 38 heavy (non-hydrogen) atoms. The van der Waals surface area contributed by atoms with Crippen molar-refractivity contribution in [1.82, 2.24) is 24.0 Å². The molecule has 1 aliphatic heterocycles. The monoisotopic (exact) mass is 513 g/mol. The van der Waals surface area contributed by atoms with Gasteiger partial charge < -0.3 is 9.30 Å². The molecule has 1 aliphatic carbocycles. The van der Waals surface area contributed by atoms with E-state index < -0.39 is 6.61 Å². The third-order valence-corrected chi connectivity index (χ3v) is 7.46. The highest BCUT2D eigenvalue weighted by molar-refractivity contribution is 5.85. The van der Waals surface area contributed by atoms with E-state index in [-0.39, 0.29) is 11.3 Å². The molecular formula is C29H25F2N5O2. The quantitative estimate of drug-likeness (QED) is 0.318. The van der Waals surface area contributed by atoms with Gasteiger partial charge in [-0.15, -0.1) is 0 Å². The molecule has 0 N–H and O–H groups in total. The van der Waals surface area contributed by atoms with Gasteiger partial charge in [0, 0.05) is 24.3 Å². The topological polar surface area (TPSA) is 65.2 Å². The van der Waals surface area contributed by atoms with Crippen LogP contribution in [0.4, 0.5) is 8.78 Å². The fourth-order valence-electron chi connectivity index (χ4n) is 5.37. The minimum atomic E-state index is -2.91. The fraction of sp³-hybridized carbons (Fsp3) is 0.276. The van der Waals surface area contributed by atoms with Crippen molar-refractivity contribution < 1.29 is 13.5 Å². The van der Waals surface area contributed by atoms with Crippen molar-refractivity contribution in [3.63, 3.8) is 0 Å². The van der Waals surface area contributed by atoms with Crippen LogP contribution in [0.5, 0.6) is 5.75 Å². The second kappa shape index (κ2) is 8.73. The lowest BCUT2D eigenvalue weighted by Crippen LogP contribution is -2.30. The molecule has 0 unspecified atom stereocenters. The molecule has 0 spiro atoms. The highest BCUT2D eigenvalue weighted by Gasteiger charge is 2.25. The van der Waals surface area contributed by atoms with E-state index in [2.05, 4.69) is 27.3 Å². The van der Waals surface area contributed by atoms with E-state index >= 15 is 0 Å². The van der Waals surface area contributed by atoms with Crippen LogP contribution in [0.15, 0.2) is 65.5 Å². The van der Waals surface area contributed by atoms with Crippen LogP contribution in [0, 0.1) is 0 Å². The van der Waals surface area contributed by atoms with Crippen molar-refractivity contribution >= 4 is 22.1 Å². The predicted octanol–water partition coefficient (Wildman–Crippen LogP) is 5.33. The Labute approximate surface area is 216 Å². The van der Waals surface area contributed by atoms with Crippen LogP contribution >= 0.6 is 0 Å². The second-order valence-corrected chi connectivity index (χ2v) is 10.1. The number of aromatic nitrogens is 4. The van der Waals surface area contributed by atoms with Crippen molar-refractivity contribution in [3.8, 4) is 22.7 Å². The number of alkyl halides is 2. The summed E-state index contributed by atoms with van der Waals surface area (Å²) < 4.78 is 33.8. The van der Waals surface area contributed by atoms with Crippen LogP contribution < -0.4 is 10.3 Å². The molecule has 2 aromatic heterocycles. The van der Waals surface area contributed by atoms with E-state index in [1.54, 1.807) is 16.7 Å². The summed E-state index contributed by atoms with van der Waals surface area (Å²) in [6.45, 7) is -0.376. The third-order valence-electron chi connectivity index (χ3n) is 7.46. The molecule has 1 saturated carbocycles. The standard InChI is InChI=1S/C29H25F2N5O2/c1-34-12-13-35-24-15-19(5-11-22(24)32-26(35)16-34)27-28(37)36(20-6-8-21(9-7-20)38-29(30)31)25-14-18(17-2-3-17)4-10-23(25)33-27/h4-11,14-15,17,29H,2-3,12-13,16H2,1H3. The number of benzene rings is 3. The highest BCUT2D eigenvalue weighted by atomic mass is 19.3. The van der Waals surface area contributed by atoms with Gasteiger partial charge in [0.15, 0.2) is 0 Å². The largest absolute Gasteiger partial charge is 0.435 e. The molecule has 1 fully saturated rings. The Morgan fingerprint density at radius 3 is 2.45 bits per heavy atom. The van der Waals surface area contributed by atoms with Gasteiger partial charge >= 0.3 is 6.61 Å². The number of hydrogen-bond donors (Lipinski definition) is 0. The van der Waals surface area contributed by atoms with Crippen LogP contribution in [0.3, 0.4) is 0 Å². The number of hydrogen-bond acceptors (Lipinski definition) is 5. The highest BCUT2D eigenvalue weighted by Crippen LogP contribution is 2.41. The second-order valence-electron chi connectivity index (χ2n) is 10.1. The molecule has 192 valence electrons. The van der Waals surface area contributed by atoms with Gasteiger partial charge in [-0.05, 0) is 79.9 Å². The Morgan fingerprint density at radius 1 is 0.921 bits per heavy atom. The molecular weight excluding hydrogens is 488 g/mol. The first-order valence-corrected chi connectivity index (χ1v) is 12.7. The van der Waals surface area contributed by atoms with Gasteiger partial charge in [0.05, 0.1) is 28.6 Å². The normalized spacial score (nSPS) is 15.9. The van der Waals surface area contributed by atoms with E-state index in [0.717, 1.165) is 49.3 Å². The molecule has 9 heteroatoms. The molecule has 0 amide bonds. The lowest BCUT2D eigenvalue weighted by molar-refractivity contribution is -0.0498. The van der Waals surface area contributed by atoms with E-state index in [0.29, 0.717) is 33.9 Å². The summed E-state index contributed by atoms with van der Waals surface area (Å²) in [6, 6.07) is 18.1. The Balaban J connectivity index is 1.42. The summed E-state index contributed by atoms with van der Waals surface area (Å²) in [5.41, 5.74) is 5.76. The van der Waals surface area contributed by atoms with Crippen molar-refractivity contribution in [3.05, 3.63) is 82.4 Å². The molecule has 3 aromatic carbocycles. The minimum absolute atomic E-state index is 0.0376. The van der Waals surface area contributed by atoms with E-state index in [1.807, 2.05) is 30.3 Å². The molecule has 2 aliphatic rings. The first-order valence-electron chi connectivity index (χ1n) is 12.7. The molecule has 0 saturated heterocycles. The van der Waals surface area contributed by atoms with E-state index in [1.165, 1.54) is 17.7 Å². The number of halogens is 2. The summed E-state index contributed by atoms with van der Waals surface area (Å²) in [6.07, 6.45) is 2.26. The van der Waals surface area contributed by atoms with Gasteiger partial charge in [0.2, 0.25) is 0 Å². The smallest absolute Gasteiger partial charge is 0.387 e. The number of fused-ring (bicyclic) bond motifs is 4. The predicted molar refractivity (Wildman–Crippen MR) is 141 cm³/mol. The SMILES string of the molecule is CN1CCn2c(nc3ccc(-c4nc5ccc(C6CC6)cc5n(-c5ccc(OC(F)F)cc5)c4=O)cc32)C1.